The summed E-state index contributed by atoms with van der Waals surface area (Å²) in [5.74, 6) is 0. The molecular weight excluding hydrogens is 193 g/mol. The molecule has 1 aromatic heterocycles. The van der Waals surface area contributed by atoms with E-state index in [0.29, 0.717) is 0 Å². The van der Waals surface area contributed by atoms with Crippen LogP contribution in [0.15, 0.2) is 30.5 Å². The first-order valence-corrected chi connectivity index (χ1v) is 4.50. The summed E-state index contributed by atoms with van der Waals surface area (Å²) in [5, 5.41) is 1.17. The summed E-state index contributed by atoms with van der Waals surface area (Å²) in [6.07, 6.45) is 1.89. The maximum Gasteiger partial charge on any atom is 0.132 e. The van der Waals surface area contributed by atoms with Gasteiger partial charge in [-0.05, 0) is 23.1 Å². The predicted molar refractivity (Wildman–Crippen MR) is 52.7 cm³/mol. The third-order valence-corrected chi connectivity index (χ3v) is 2.34. The summed E-state index contributed by atoms with van der Waals surface area (Å²) in [6, 6.07) is 7.90. The fourth-order valence-corrected chi connectivity index (χ4v) is 1.47. The van der Waals surface area contributed by atoms with E-state index in [1.165, 1.54) is 5.39 Å². The van der Waals surface area contributed by atoms with E-state index in [1.54, 1.807) is 0 Å². The SMILES string of the molecule is ClC(Cl)c1ccc2cc[nH]c2c1. The number of benzene rings is 1. The molecule has 2 aromatic rings. The van der Waals surface area contributed by atoms with Gasteiger partial charge in [-0.2, -0.15) is 0 Å². The highest BCUT2D eigenvalue weighted by Gasteiger charge is 2.03. The van der Waals surface area contributed by atoms with Gasteiger partial charge in [-0.3, -0.25) is 0 Å². The Bertz CT molecular complexity index is 392. The highest BCUT2D eigenvalue weighted by molar-refractivity contribution is 6.44. The van der Waals surface area contributed by atoms with Crippen molar-refractivity contribution < 1.29 is 0 Å². The normalized spacial score (nSPS) is 11.2. The van der Waals surface area contributed by atoms with Crippen LogP contribution in [0, 0.1) is 0 Å². The van der Waals surface area contributed by atoms with Gasteiger partial charge in [-0.15, -0.1) is 23.2 Å². The van der Waals surface area contributed by atoms with Crippen molar-refractivity contribution in [1.29, 1.82) is 0 Å². The predicted octanol–water partition coefficient (Wildman–Crippen LogP) is 3.64. The van der Waals surface area contributed by atoms with Crippen LogP contribution in [0.25, 0.3) is 10.9 Å². The highest BCUT2D eigenvalue weighted by Crippen LogP contribution is 2.26. The Labute approximate surface area is 80.3 Å². The number of fused-ring (bicyclic) bond motifs is 1. The van der Waals surface area contributed by atoms with Crippen LogP contribution in [-0.4, -0.2) is 4.98 Å². The van der Waals surface area contributed by atoms with Crippen molar-refractivity contribution >= 4 is 34.1 Å². The Kier molecular flexibility index (Phi) is 1.99. The minimum absolute atomic E-state index is 0.447. The molecule has 0 bridgehead atoms. The molecule has 0 fully saturated rings. The average Bonchev–Trinajstić information content (AvgIpc) is 2.49. The Hall–Kier alpha value is -0.660. The number of hydrogen-bond acceptors (Lipinski definition) is 0. The summed E-state index contributed by atoms with van der Waals surface area (Å²) in [6.45, 7) is 0. The largest absolute Gasteiger partial charge is 0.361 e. The second-order valence-electron chi connectivity index (χ2n) is 2.63. The lowest BCUT2D eigenvalue weighted by atomic mass is 10.2. The van der Waals surface area contributed by atoms with Gasteiger partial charge in [0.25, 0.3) is 0 Å². The summed E-state index contributed by atoms with van der Waals surface area (Å²) >= 11 is 11.4. The number of hydrogen-bond donors (Lipinski definition) is 1. The number of H-pyrrole nitrogens is 1. The summed E-state index contributed by atoms with van der Waals surface area (Å²) in [5.41, 5.74) is 1.99. The summed E-state index contributed by atoms with van der Waals surface area (Å²) < 4.78 is 0. The van der Waals surface area contributed by atoms with Gasteiger partial charge < -0.3 is 4.98 Å². The number of aromatic nitrogens is 1. The van der Waals surface area contributed by atoms with E-state index < -0.39 is 4.84 Å². The number of rotatable bonds is 1. The Morgan fingerprint density at radius 1 is 1.17 bits per heavy atom. The first-order valence-electron chi connectivity index (χ1n) is 3.62. The summed E-state index contributed by atoms with van der Waals surface area (Å²) in [4.78, 5) is 2.65. The third kappa shape index (κ3) is 1.30. The molecular formula is C9H7Cl2N. The molecule has 1 N–H and O–H groups in total. The molecule has 1 aromatic carbocycles. The van der Waals surface area contributed by atoms with Crippen LogP contribution in [0.4, 0.5) is 0 Å². The molecule has 12 heavy (non-hydrogen) atoms. The third-order valence-electron chi connectivity index (χ3n) is 1.83. The molecule has 0 unspecified atom stereocenters. The van der Waals surface area contributed by atoms with Crippen LogP contribution >= 0.6 is 23.2 Å². The Balaban J connectivity index is 2.60. The standard InChI is InChI=1S/C9H7Cl2N/c10-9(11)7-2-1-6-3-4-12-8(6)5-7/h1-5,9,12H. The van der Waals surface area contributed by atoms with Crippen LogP contribution < -0.4 is 0 Å². The average molecular weight is 200 g/mol. The van der Waals surface area contributed by atoms with Crippen LogP contribution in [0.3, 0.4) is 0 Å². The van der Waals surface area contributed by atoms with E-state index in [1.807, 2.05) is 30.5 Å². The minimum Gasteiger partial charge on any atom is -0.361 e. The zero-order valence-electron chi connectivity index (χ0n) is 6.22. The molecule has 1 nitrogen and oxygen atoms in total. The molecule has 0 atom stereocenters. The second-order valence-corrected chi connectivity index (χ2v) is 3.72. The number of nitrogens with one attached hydrogen (secondary N) is 1. The topological polar surface area (TPSA) is 15.8 Å². The number of halogens is 2. The van der Waals surface area contributed by atoms with E-state index in [-0.39, 0.29) is 0 Å². The first kappa shape index (κ1) is 7.96. The molecule has 0 aliphatic rings. The lowest BCUT2D eigenvalue weighted by molar-refractivity contribution is 1.35. The van der Waals surface area contributed by atoms with E-state index in [2.05, 4.69) is 4.98 Å². The van der Waals surface area contributed by atoms with Crippen LogP contribution in [0.1, 0.15) is 10.4 Å². The monoisotopic (exact) mass is 199 g/mol. The first-order chi connectivity index (χ1) is 5.77. The maximum atomic E-state index is 5.72. The minimum atomic E-state index is -0.447. The zero-order valence-corrected chi connectivity index (χ0v) is 7.73. The van der Waals surface area contributed by atoms with Crippen molar-refractivity contribution in [2.24, 2.45) is 0 Å². The van der Waals surface area contributed by atoms with E-state index in [4.69, 9.17) is 23.2 Å². The van der Waals surface area contributed by atoms with E-state index in [9.17, 15) is 0 Å². The van der Waals surface area contributed by atoms with E-state index in [0.717, 1.165) is 11.1 Å². The molecule has 0 aliphatic carbocycles. The molecule has 0 saturated heterocycles. The molecule has 0 aliphatic heterocycles. The number of alkyl halides is 2. The van der Waals surface area contributed by atoms with Crippen molar-refractivity contribution in [3.63, 3.8) is 0 Å². The summed E-state index contributed by atoms with van der Waals surface area (Å²) in [7, 11) is 0. The second kappa shape index (κ2) is 3.00. The van der Waals surface area contributed by atoms with Gasteiger partial charge >= 0.3 is 0 Å². The van der Waals surface area contributed by atoms with Crippen LogP contribution in [0.2, 0.25) is 0 Å². The molecule has 0 radical (unpaired) electrons. The molecule has 0 amide bonds. The van der Waals surface area contributed by atoms with Crippen molar-refractivity contribution in [2.75, 3.05) is 0 Å². The van der Waals surface area contributed by atoms with E-state index >= 15 is 0 Å². The quantitative estimate of drug-likeness (QED) is 0.676. The highest BCUT2D eigenvalue weighted by atomic mass is 35.5. The zero-order chi connectivity index (χ0) is 8.55. The van der Waals surface area contributed by atoms with Gasteiger partial charge in [0.05, 0.1) is 0 Å². The molecule has 62 valence electrons. The van der Waals surface area contributed by atoms with Crippen molar-refractivity contribution in [1.82, 2.24) is 4.98 Å². The maximum absolute atomic E-state index is 5.72. The fourth-order valence-electron chi connectivity index (χ4n) is 1.20. The smallest absolute Gasteiger partial charge is 0.132 e. The van der Waals surface area contributed by atoms with Gasteiger partial charge in [-0.1, -0.05) is 12.1 Å². The number of aromatic amines is 1. The van der Waals surface area contributed by atoms with Crippen LogP contribution in [0.5, 0.6) is 0 Å². The lowest BCUT2D eigenvalue weighted by Gasteiger charge is -2.00. The van der Waals surface area contributed by atoms with Gasteiger partial charge in [-0.25, -0.2) is 0 Å². The molecule has 0 spiro atoms. The van der Waals surface area contributed by atoms with Gasteiger partial charge in [0.15, 0.2) is 0 Å². The molecule has 2 rings (SSSR count). The van der Waals surface area contributed by atoms with Crippen molar-refractivity contribution in [2.45, 2.75) is 4.84 Å². The van der Waals surface area contributed by atoms with Gasteiger partial charge in [0, 0.05) is 11.7 Å². The molecule has 0 saturated carbocycles. The Morgan fingerprint density at radius 3 is 2.75 bits per heavy atom. The van der Waals surface area contributed by atoms with Crippen molar-refractivity contribution in [3.8, 4) is 0 Å². The molecule has 1 heterocycles. The molecule has 3 heteroatoms. The van der Waals surface area contributed by atoms with Gasteiger partial charge in [0.2, 0.25) is 0 Å². The Morgan fingerprint density at radius 2 is 2.00 bits per heavy atom. The van der Waals surface area contributed by atoms with Gasteiger partial charge in [0.1, 0.15) is 4.84 Å². The van der Waals surface area contributed by atoms with Crippen LogP contribution in [-0.2, 0) is 0 Å². The fraction of sp³-hybridized carbons (Fsp3) is 0.111. The lowest BCUT2D eigenvalue weighted by Crippen LogP contribution is -1.80. The van der Waals surface area contributed by atoms with Crippen molar-refractivity contribution in [3.05, 3.63) is 36.0 Å².